The number of anilines is 1. The van der Waals surface area contributed by atoms with Gasteiger partial charge in [-0.3, -0.25) is 0 Å². The van der Waals surface area contributed by atoms with Gasteiger partial charge in [0.25, 0.3) is 0 Å². The lowest BCUT2D eigenvalue weighted by Crippen LogP contribution is -2.04. The summed E-state index contributed by atoms with van der Waals surface area (Å²) in [5.41, 5.74) is 0.910. The van der Waals surface area contributed by atoms with Crippen LogP contribution in [-0.4, -0.2) is 12.3 Å². The Kier molecular flexibility index (Phi) is 5.05. The lowest BCUT2D eigenvalue weighted by molar-refractivity contribution is 0.577. The number of thioether (sulfide) groups is 1. The highest BCUT2D eigenvalue weighted by atomic mass is 35.5. The average molecular weight is 300 g/mol. The van der Waals surface area contributed by atoms with Gasteiger partial charge < -0.3 is 5.32 Å². The quantitative estimate of drug-likeness (QED) is 0.627. The molecular weight excluding hydrogens is 288 g/mol. The van der Waals surface area contributed by atoms with Gasteiger partial charge in [0.2, 0.25) is 0 Å². The average Bonchev–Trinajstić information content (AvgIpc) is 2.39. The van der Waals surface area contributed by atoms with E-state index >= 15 is 0 Å². The molecule has 2 aromatic carbocycles. The summed E-state index contributed by atoms with van der Waals surface area (Å²) in [6.45, 7) is 0.640. The monoisotopic (exact) mass is 299 g/mol. The molecular formula is C14H12ClF2NS. The summed E-state index contributed by atoms with van der Waals surface area (Å²) in [4.78, 5) is 0.327. The summed E-state index contributed by atoms with van der Waals surface area (Å²) in [7, 11) is 0. The summed E-state index contributed by atoms with van der Waals surface area (Å²) in [5, 5.41) is 3.83. The van der Waals surface area contributed by atoms with Crippen LogP contribution in [0, 0.1) is 11.6 Å². The fourth-order valence-electron chi connectivity index (χ4n) is 1.54. The summed E-state index contributed by atoms with van der Waals surface area (Å²) >= 11 is 7.13. The maximum Gasteiger partial charge on any atom is 0.136 e. The Morgan fingerprint density at radius 2 is 1.95 bits per heavy atom. The molecule has 100 valence electrons. The zero-order chi connectivity index (χ0) is 13.7. The molecule has 0 radical (unpaired) electrons. The molecule has 0 spiro atoms. The Morgan fingerprint density at radius 3 is 2.74 bits per heavy atom. The second-order valence-electron chi connectivity index (χ2n) is 3.86. The summed E-state index contributed by atoms with van der Waals surface area (Å²) in [5.74, 6) is -0.187. The first kappa shape index (κ1) is 14.2. The van der Waals surface area contributed by atoms with Gasteiger partial charge >= 0.3 is 0 Å². The number of nitrogens with one attached hydrogen (secondary N) is 1. The molecule has 1 nitrogen and oxygen atoms in total. The van der Waals surface area contributed by atoms with E-state index < -0.39 is 11.6 Å². The molecule has 0 bridgehead atoms. The normalized spacial score (nSPS) is 10.5. The van der Waals surface area contributed by atoms with Crippen molar-refractivity contribution < 1.29 is 8.78 Å². The van der Waals surface area contributed by atoms with Gasteiger partial charge in [-0.1, -0.05) is 17.7 Å². The Bertz CT molecular complexity index is 563. The van der Waals surface area contributed by atoms with Crippen LogP contribution in [0.1, 0.15) is 0 Å². The third-order valence-electron chi connectivity index (χ3n) is 2.41. The van der Waals surface area contributed by atoms with E-state index in [0.29, 0.717) is 22.2 Å². The van der Waals surface area contributed by atoms with E-state index in [4.69, 9.17) is 11.6 Å². The molecule has 5 heteroatoms. The molecule has 0 unspecified atom stereocenters. The fraction of sp³-hybridized carbons (Fsp3) is 0.143. The fourth-order valence-corrected chi connectivity index (χ4v) is 2.56. The number of hydrogen-bond donors (Lipinski definition) is 1. The van der Waals surface area contributed by atoms with Crippen LogP contribution in [0.5, 0.6) is 0 Å². The Hall–Kier alpha value is -1.26. The van der Waals surface area contributed by atoms with Crippen LogP contribution in [0.4, 0.5) is 14.5 Å². The van der Waals surface area contributed by atoms with E-state index in [1.807, 2.05) is 18.2 Å². The lowest BCUT2D eigenvalue weighted by atomic mass is 10.3. The molecule has 19 heavy (non-hydrogen) atoms. The molecule has 0 saturated carbocycles. The van der Waals surface area contributed by atoms with Gasteiger partial charge in [0.15, 0.2) is 0 Å². The zero-order valence-electron chi connectivity index (χ0n) is 10.00. The highest BCUT2D eigenvalue weighted by Gasteiger charge is 2.04. The summed E-state index contributed by atoms with van der Waals surface area (Å²) in [6, 6.07) is 10.8. The van der Waals surface area contributed by atoms with E-state index in [2.05, 4.69) is 5.32 Å². The molecule has 0 heterocycles. The van der Waals surface area contributed by atoms with Crippen molar-refractivity contribution in [3.63, 3.8) is 0 Å². The maximum atomic E-state index is 13.3. The second kappa shape index (κ2) is 6.78. The minimum atomic E-state index is -0.424. The summed E-state index contributed by atoms with van der Waals surface area (Å²) in [6.07, 6.45) is 0. The van der Waals surface area contributed by atoms with Crippen molar-refractivity contribution in [3.8, 4) is 0 Å². The van der Waals surface area contributed by atoms with Gasteiger partial charge in [0, 0.05) is 27.9 Å². The number of hydrogen-bond acceptors (Lipinski definition) is 2. The molecule has 2 rings (SSSR count). The van der Waals surface area contributed by atoms with Gasteiger partial charge in [-0.25, -0.2) is 8.78 Å². The van der Waals surface area contributed by atoms with Gasteiger partial charge in [-0.15, -0.1) is 11.8 Å². The van der Waals surface area contributed by atoms with E-state index in [9.17, 15) is 8.78 Å². The molecule has 0 saturated heterocycles. The number of benzene rings is 2. The van der Waals surface area contributed by atoms with Crippen molar-refractivity contribution in [2.45, 2.75) is 4.90 Å². The van der Waals surface area contributed by atoms with E-state index in [0.717, 1.165) is 17.8 Å². The van der Waals surface area contributed by atoms with Crippen LogP contribution >= 0.6 is 23.4 Å². The lowest BCUT2D eigenvalue weighted by Gasteiger charge is -2.07. The highest BCUT2D eigenvalue weighted by molar-refractivity contribution is 7.99. The van der Waals surface area contributed by atoms with Crippen LogP contribution in [-0.2, 0) is 0 Å². The molecule has 0 aliphatic heterocycles. The minimum absolute atomic E-state index is 0.327. The topological polar surface area (TPSA) is 12.0 Å². The van der Waals surface area contributed by atoms with E-state index in [1.165, 1.54) is 17.8 Å². The van der Waals surface area contributed by atoms with Gasteiger partial charge in [0.1, 0.15) is 11.6 Å². The van der Waals surface area contributed by atoms with Crippen molar-refractivity contribution in [3.05, 3.63) is 59.1 Å². The van der Waals surface area contributed by atoms with Crippen LogP contribution < -0.4 is 5.32 Å². The predicted octanol–water partition coefficient (Wildman–Crippen LogP) is 4.82. The van der Waals surface area contributed by atoms with Crippen LogP contribution in [0.15, 0.2) is 47.4 Å². The van der Waals surface area contributed by atoms with Crippen molar-refractivity contribution in [2.75, 3.05) is 17.6 Å². The Labute approximate surface area is 120 Å². The molecule has 0 aromatic heterocycles. The number of halogens is 3. The highest BCUT2D eigenvalue weighted by Crippen LogP contribution is 2.22. The van der Waals surface area contributed by atoms with Crippen molar-refractivity contribution >= 4 is 29.1 Å². The summed E-state index contributed by atoms with van der Waals surface area (Å²) < 4.78 is 26.3. The third-order valence-corrected chi connectivity index (χ3v) is 3.67. The maximum absolute atomic E-state index is 13.3. The predicted molar refractivity (Wildman–Crippen MR) is 77.0 cm³/mol. The molecule has 0 amide bonds. The van der Waals surface area contributed by atoms with Gasteiger partial charge in [0.05, 0.1) is 0 Å². The van der Waals surface area contributed by atoms with E-state index in [1.54, 1.807) is 6.07 Å². The van der Waals surface area contributed by atoms with Gasteiger partial charge in [-0.05, 0) is 36.4 Å². The SMILES string of the molecule is Fc1ccc(F)c(SCCNc2cccc(Cl)c2)c1. The van der Waals surface area contributed by atoms with Crippen molar-refractivity contribution in [2.24, 2.45) is 0 Å². The standard InChI is InChI=1S/C14H12ClF2NS/c15-10-2-1-3-12(8-10)18-6-7-19-14-9-11(16)4-5-13(14)17/h1-5,8-9,18H,6-7H2. The smallest absolute Gasteiger partial charge is 0.136 e. The third kappa shape index (κ3) is 4.40. The molecule has 0 aliphatic rings. The second-order valence-corrected chi connectivity index (χ2v) is 5.43. The van der Waals surface area contributed by atoms with Crippen LogP contribution in [0.25, 0.3) is 0 Å². The van der Waals surface area contributed by atoms with Crippen molar-refractivity contribution in [1.29, 1.82) is 0 Å². The largest absolute Gasteiger partial charge is 0.384 e. The van der Waals surface area contributed by atoms with Gasteiger partial charge in [-0.2, -0.15) is 0 Å². The molecule has 1 N–H and O–H groups in total. The number of rotatable bonds is 5. The minimum Gasteiger partial charge on any atom is -0.384 e. The first-order chi connectivity index (χ1) is 9.15. The van der Waals surface area contributed by atoms with E-state index in [-0.39, 0.29) is 0 Å². The Balaban J connectivity index is 1.82. The Morgan fingerprint density at radius 1 is 1.11 bits per heavy atom. The first-order valence-electron chi connectivity index (χ1n) is 5.72. The molecule has 0 aliphatic carbocycles. The molecule has 0 atom stereocenters. The van der Waals surface area contributed by atoms with Crippen LogP contribution in [0.2, 0.25) is 5.02 Å². The molecule has 0 fully saturated rings. The zero-order valence-corrected chi connectivity index (χ0v) is 11.6. The first-order valence-corrected chi connectivity index (χ1v) is 7.09. The van der Waals surface area contributed by atoms with Crippen LogP contribution in [0.3, 0.4) is 0 Å². The van der Waals surface area contributed by atoms with Crippen molar-refractivity contribution in [1.82, 2.24) is 0 Å². The molecule has 2 aromatic rings.